The number of anilines is 1. The summed E-state index contributed by atoms with van der Waals surface area (Å²) in [6, 6.07) is 4.66. The van der Waals surface area contributed by atoms with Crippen LogP contribution in [0.5, 0.6) is 0 Å². The fourth-order valence-electron chi connectivity index (χ4n) is 4.36. The summed E-state index contributed by atoms with van der Waals surface area (Å²) < 4.78 is 0. The Balaban J connectivity index is 1.39. The summed E-state index contributed by atoms with van der Waals surface area (Å²) in [4.78, 5) is 52.9. The van der Waals surface area contributed by atoms with E-state index in [2.05, 4.69) is 10.6 Å². The van der Waals surface area contributed by atoms with Gasteiger partial charge in [-0.05, 0) is 43.5 Å². The van der Waals surface area contributed by atoms with E-state index in [1.54, 1.807) is 18.2 Å². The molecular formula is C21H26N4O4S. The van der Waals surface area contributed by atoms with Gasteiger partial charge in [0, 0.05) is 35.8 Å². The summed E-state index contributed by atoms with van der Waals surface area (Å²) in [6.07, 6.45) is 3.04. The van der Waals surface area contributed by atoms with Crippen molar-refractivity contribution < 1.29 is 19.2 Å². The van der Waals surface area contributed by atoms with Crippen LogP contribution in [-0.4, -0.2) is 70.2 Å². The number of thioether (sulfide) groups is 1. The van der Waals surface area contributed by atoms with E-state index in [0.29, 0.717) is 24.1 Å². The van der Waals surface area contributed by atoms with Crippen molar-refractivity contribution in [2.45, 2.75) is 38.1 Å². The van der Waals surface area contributed by atoms with E-state index in [-0.39, 0.29) is 18.4 Å². The van der Waals surface area contributed by atoms with E-state index in [0.717, 1.165) is 47.9 Å². The normalized spacial score (nSPS) is 20.6. The topological polar surface area (TPSA) is 98.8 Å². The smallest absolute Gasteiger partial charge is 0.325 e. The Bertz CT molecular complexity index is 891. The largest absolute Gasteiger partial charge is 0.337 e. The molecule has 2 aliphatic heterocycles. The van der Waals surface area contributed by atoms with Gasteiger partial charge in [0.1, 0.15) is 12.1 Å². The number of aryl methyl sites for hydroxylation is 1. The van der Waals surface area contributed by atoms with Crippen molar-refractivity contribution in [2.75, 3.05) is 36.5 Å². The fourth-order valence-corrected chi connectivity index (χ4v) is 5.26. The Morgan fingerprint density at radius 3 is 2.53 bits per heavy atom. The summed E-state index contributed by atoms with van der Waals surface area (Å²) in [5, 5.41) is 5.54. The maximum absolute atomic E-state index is 12.7. The van der Waals surface area contributed by atoms with Gasteiger partial charge < -0.3 is 15.5 Å². The second-order valence-corrected chi connectivity index (χ2v) is 9.32. The van der Waals surface area contributed by atoms with Gasteiger partial charge in [-0.15, -0.1) is 0 Å². The second-order valence-electron chi connectivity index (χ2n) is 8.09. The zero-order chi connectivity index (χ0) is 21.3. The van der Waals surface area contributed by atoms with E-state index in [9.17, 15) is 19.2 Å². The highest BCUT2D eigenvalue weighted by molar-refractivity contribution is 7.99. The van der Waals surface area contributed by atoms with Gasteiger partial charge in [-0.3, -0.25) is 19.3 Å². The maximum Gasteiger partial charge on any atom is 0.325 e. The van der Waals surface area contributed by atoms with Crippen LogP contribution in [0.4, 0.5) is 10.5 Å². The Kier molecular flexibility index (Phi) is 5.73. The minimum absolute atomic E-state index is 0.00234. The number of nitrogens with zero attached hydrogens (tertiary/aromatic N) is 2. The van der Waals surface area contributed by atoms with Crippen molar-refractivity contribution in [2.24, 2.45) is 0 Å². The lowest BCUT2D eigenvalue weighted by Gasteiger charge is -2.26. The average molecular weight is 431 g/mol. The van der Waals surface area contributed by atoms with E-state index < -0.39 is 17.5 Å². The fraction of sp³-hybridized carbons (Fsp3) is 0.524. The zero-order valence-electron chi connectivity index (χ0n) is 17.0. The monoisotopic (exact) mass is 430 g/mol. The van der Waals surface area contributed by atoms with E-state index in [1.165, 1.54) is 0 Å². The molecule has 1 spiro atoms. The van der Waals surface area contributed by atoms with Gasteiger partial charge in [0.25, 0.3) is 11.8 Å². The molecule has 160 valence electrons. The van der Waals surface area contributed by atoms with Crippen LogP contribution in [0.15, 0.2) is 18.2 Å². The van der Waals surface area contributed by atoms with Crippen LogP contribution in [0.2, 0.25) is 0 Å². The van der Waals surface area contributed by atoms with E-state index in [4.69, 9.17) is 0 Å². The molecule has 1 aromatic rings. The number of carbonyl (C=O) groups excluding carboxylic acids is 4. The first-order valence-corrected chi connectivity index (χ1v) is 11.5. The molecule has 1 saturated carbocycles. The van der Waals surface area contributed by atoms with Gasteiger partial charge in [-0.25, -0.2) is 4.79 Å². The van der Waals surface area contributed by atoms with Crippen LogP contribution in [0.25, 0.3) is 0 Å². The summed E-state index contributed by atoms with van der Waals surface area (Å²) in [7, 11) is 0. The van der Waals surface area contributed by atoms with Crippen molar-refractivity contribution in [1.82, 2.24) is 15.1 Å². The molecule has 4 rings (SSSR count). The molecule has 0 atom stereocenters. The third kappa shape index (κ3) is 3.90. The molecule has 30 heavy (non-hydrogen) atoms. The first kappa shape index (κ1) is 20.7. The van der Waals surface area contributed by atoms with E-state index in [1.807, 2.05) is 23.6 Å². The molecule has 3 fully saturated rings. The Morgan fingerprint density at radius 2 is 1.87 bits per heavy atom. The van der Waals surface area contributed by atoms with E-state index >= 15 is 0 Å². The lowest BCUT2D eigenvalue weighted by molar-refractivity contribution is -0.133. The van der Waals surface area contributed by atoms with Crippen molar-refractivity contribution in [3.8, 4) is 0 Å². The highest BCUT2D eigenvalue weighted by Crippen LogP contribution is 2.35. The molecule has 9 heteroatoms. The number of imide groups is 1. The quantitative estimate of drug-likeness (QED) is 0.712. The minimum Gasteiger partial charge on any atom is -0.337 e. The number of hydrogen-bond acceptors (Lipinski definition) is 5. The molecule has 2 N–H and O–H groups in total. The molecule has 0 bridgehead atoms. The van der Waals surface area contributed by atoms with Crippen LogP contribution < -0.4 is 10.6 Å². The Labute approximate surface area is 179 Å². The number of hydrogen-bond donors (Lipinski definition) is 2. The molecule has 1 aromatic carbocycles. The molecule has 3 aliphatic rings. The molecule has 2 saturated heterocycles. The van der Waals surface area contributed by atoms with Crippen LogP contribution in [-0.2, 0) is 9.59 Å². The van der Waals surface area contributed by atoms with Gasteiger partial charge in [0.05, 0.1) is 0 Å². The number of urea groups is 1. The number of benzene rings is 1. The predicted octanol–water partition coefficient (Wildman–Crippen LogP) is 1.99. The van der Waals surface area contributed by atoms with Gasteiger partial charge in [-0.2, -0.15) is 11.8 Å². The molecule has 8 nitrogen and oxygen atoms in total. The average Bonchev–Trinajstić information content (AvgIpc) is 3.30. The maximum atomic E-state index is 12.7. The highest BCUT2D eigenvalue weighted by Gasteiger charge is 2.52. The minimum atomic E-state index is -0.817. The Morgan fingerprint density at radius 1 is 1.17 bits per heavy atom. The zero-order valence-corrected chi connectivity index (χ0v) is 17.8. The van der Waals surface area contributed by atoms with Gasteiger partial charge in [-0.1, -0.05) is 12.8 Å². The highest BCUT2D eigenvalue weighted by atomic mass is 32.2. The third-order valence-electron chi connectivity index (χ3n) is 6.05. The molecule has 0 aromatic heterocycles. The van der Waals surface area contributed by atoms with Gasteiger partial charge >= 0.3 is 6.03 Å². The molecule has 2 heterocycles. The lowest BCUT2D eigenvalue weighted by Crippen LogP contribution is -2.44. The first-order chi connectivity index (χ1) is 14.4. The van der Waals surface area contributed by atoms with Crippen molar-refractivity contribution in [3.05, 3.63) is 29.3 Å². The molecule has 1 aliphatic carbocycles. The summed E-state index contributed by atoms with van der Waals surface area (Å²) >= 11 is 1.85. The SMILES string of the molecule is Cc1cc(C(=O)N2CCSCC2)ccc1NC(=O)CN1C(=O)NC2(CCCC2)C1=O. The summed E-state index contributed by atoms with van der Waals surface area (Å²) in [5.74, 6) is 1.14. The Hall–Kier alpha value is -2.55. The molecular weight excluding hydrogens is 404 g/mol. The summed E-state index contributed by atoms with van der Waals surface area (Å²) in [5.41, 5.74) is 1.09. The first-order valence-electron chi connectivity index (χ1n) is 10.3. The standard InChI is InChI=1S/C21H26N4O4S/c1-14-12-15(18(27)24-8-10-30-11-9-24)4-5-16(14)22-17(26)13-25-19(28)21(23-20(25)29)6-2-3-7-21/h4-5,12H,2-3,6-11,13H2,1H3,(H,22,26)(H,23,29). The van der Waals surface area contributed by atoms with Crippen molar-refractivity contribution in [3.63, 3.8) is 0 Å². The predicted molar refractivity (Wildman–Crippen MR) is 114 cm³/mol. The van der Waals surface area contributed by atoms with Crippen LogP contribution in [0.1, 0.15) is 41.6 Å². The molecule has 0 unspecified atom stereocenters. The summed E-state index contributed by atoms with van der Waals surface area (Å²) in [6.45, 7) is 2.99. The number of rotatable bonds is 4. The van der Waals surface area contributed by atoms with Gasteiger partial charge in [0.2, 0.25) is 5.91 Å². The third-order valence-corrected chi connectivity index (χ3v) is 6.99. The van der Waals surface area contributed by atoms with Gasteiger partial charge in [0.15, 0.2) is 0 Å². The number of amides is 5. The van der Waals surface area contributed by atoms with Crippen LogP contribution >= 0.6 is 11.8 Å². The lowest BCUT2D eigenvalue weighted by atomic mass is 9.98. The van der Waals surface area contributed by atoms with Crippen LogP contribution in [0, 0.1) is 6.92 Å². The van der Waals surface area contributed by atoms with Crippen LogP contribution in [0.3, 0.4) is 0 Å². The molecule has 0 radical (unpaired) electrons. The van der Waals surface area contributed by atoms with Crippen molar-refractivity contribution in [1.29, 1.82) is 0 Å². The van der Waals surface area contributed by atoms with Crippen molar-refractivity contribution >= 4 is 41.2 Å². The second kappa shape index (κ2) is 8.29. The molecule has 5 amide bonds. The number of nitrogens with one attached hydrogen (secondary N) is 2. The number of carbonyl (C=O) groups is 4.